The number of carbonyl (C=O) groups is 3. The molecule has 1 aliphatic heterocycles. The van der Waals surface area contributed by atoms with Crippen LogP contribution in [0, 0.1) is 0 Å². The number of carbonyl (C=O) groups excluding carboxylic acids is 3. The van der Waals surface area contributed by atoms with Crippen LogP contribution in [0.5, 0.6) is 0 Å². The van der Waals surface area contributed by atoms with E-state index in [2.05, 4.69) is 10.4 Å². The third-order valence-electron chi connectivity index (χ3n) is 4.07. The lowest BCUT2D eigenvalue weighted by atomic mass is 10.0. The van der Waals surface area contributed by atoms with E-state index in [1.165, 1.54) is 11.1 Å². The monoisotopic (exact) mass is 326 g/mol. The average molecular weight is 326 g/mol. The van der Waals surface area contributed by atoms with Crippen molar-refractivity contribution < 1.29 is 14.4 Å². The zero-order valence-electron chi connectivity index (χ0n) is 13.3. The van der Waals surface area contributed by atoms with E-state index in [-0.39, 0.29) is 18.2 Å². The Labute approximate surface area is 139 Å². The van der Waals surface area contributed by atoms with Gasteiger partial charge in [-0.25, -0.2) is 0 Å². The summed E-state index contributed by atoms with van der Waals surface area (Å²) in [7, 11) is 1.57. The topological polar surface area (TPSA) is 84.3 Å². The van der Waals surface area contributed by atoms with Gasteiger partial charge in [0.15, 0.2) is 0 Å². The van der Waals surface area contributed by atoms with Gasteiger partial charge in [0.05, 0.1) is 18.3 Å². The summed E-state index contributed by atoms with van der Waals surface area (Å²) in [6, 6.07) is 9.17. The van der Waals surface area contributed by atoms with Gasteiger partial charge >= 0.3 is 0 Å². The summed E-state index contributed by atoms with van der Waals surface area (Å²) in [5.74, 6) is -1.02. The van der Waals surface area contributed by atoms with Crippen molar-refractivity contribution in [2.75, 3.05) is 7.05 Å². The van der Waals surface area contributed by atoms with Crippen molar-refractivity contribution >= 4 is 17.7 Å². The number of benzene rings is 1. The van der Waals surface area contributed by atoms with Crippen molar-refractivity contribution in [3.8, 4) is 0 Å². The first-order chi connectivity index (χ1) is 11.5. The molecule has 7 heteroatoms. The molecule has 3 amide bonds. The Balaban J connectivity index is 1.69. The second kappa shape index (κ2) is 6.66. The lowest BCUT2D eigenvalue weighted by Gasteiger charge is -2.29. The van der Waals surface area contributed by atoms with Crippen LogP contribution < -0.4 is 5.32 Å². The van der Waals surface area contributed by atoms with E-state index in [0.29, 0.717) is 18.5 Å². The largest absolute Gasteiger partial charge is 0.330 e. The molecule has 1 N–H and O–H groups in total. The highest BCUT2D eigenvalue weighted by Crippen LogP contribution is 2.14. The van der Waals surface area contributed by atoms with Crippen LogP contribution in [-0.2, 0) is 16.1 Å². The van der Waals surface area contributed by atoms with Gasteiger partial charge in [-0.15, -0.1) is 0 Å². The van der Waals surface area contributed by atoms with Crippen molar-refractivity contribution in [3.63, 3.8) is 0 Å². The van der Waals surface area contributed by atoms with Gasteiger partial charge < -0.3 is 4.90 Å². The van der Waals surface area contributed by atoms with Crippen LogP contribution in [0.2, 0.25) is 0 Å². The minimum absolute atomic E-state index is 0.237. The number of nitrogens with one attached hydrogen (secondary N) is 1. The number of piperidine rings is 1. The maximum absolute atomic E-state index is 12.5. The fourth-order valence-corrected chi connectivity index (χ4v) is 2.73. The molecular weight excluding hydrogens is 308 g/mol. The Bertz CT molecular complexity index is 769. The number of amides is 3. The summed E-state index contributed by atoms with van der Waals surface area (Å²) in [6.45, 7) is 0.566. The minimum atomic E-state index is -0.632. The summed E-state index contributed by atoms with van der Waals surface area (Å²) >= 11 is 0. The van der Waals surface area contributed by atoms with Crippen LogP contribution in [-0.4, -0.2) is 45.5 Å². The quantitative estimate of drug-likeness (QED) is 0.843. The number of nitrogens with zero attached hydrogens (tertiary/aromatic N) is 3. The predicted octanol–water partition coefficient (Wildman–Crippen LogP) is 0.809. The zero-order chi connectivity index (χ0) is 17.1. The van der Waals surface area contributed by atoms with Crippen LogP contribution in [0.1, 0.15) is 28.8 Å². The van der Waals surface area contributed by atoms with Gasteiger partial charge in [0, 0.05) is 19.7 Å². The molecule has 1 fully saturated rings. The van der Waals surface area contributed by atoms with Crippen molar-refractivity contribution in [2.45, 2.75) is 25.4 Å². The van der Waals surface area contributed by atoms with E-state index in [9.17, 15) is 14.4 Å². The molecule has 2 aromatic rings. The van der Waals surface area contributed by atoms with Crippen LogP contribution in [0.4, 0.5) is 0 Å². The van der Waals surface area contributed by atoms with Crippen LogP contribution in [0.25, 0.3) is 0 Å². The number of rotatable bonds is 4. The lowest BCUT2D eigenvalue weighted by Crippen LogP contribution is -2.52. The summed E-state index contributed by atoms with van der Waals surface area (Å²) < 4.78 is 1.68. The molecule has 1 unspecified atom stereocenters. The van der Waals surface area contributed by atoms with Gasteiger partial charge in [-0.3, -0.25) is 24.4 Å². The highest BCUT2D eigenvalue weighted by molar-refractivity contribution is 6.03. The molecule has 1 atom stereocenters. The number of hydrogen-bond acceptors (Lipinski definition) is 4. The van der Waals surface area contributed by atoms with Gasteiger partial charge in [0.1, 0.15) is 6.04 Å². The molecule has 1 saturated heterocycles. The molecule has 0 saturated carbocycles. The van der Waals surface area contributed by atoms with Crippen LogP contribution in [0.15, 0.2) is 42.7 Å². The minimum Gasteiger partial charge on any atom is -0.330 e. The third kappa shape index (κ3) is 3.34. The Morgan fingerprint density at radius 2 is 2.08 bits per heavy atom. The second-order valence-electron chi connectivity index (χ2n) is 5.80. The van der Waals surface area contributed by atoms with E-state index in [1.54, 1.807) is 17.9 Å². The van der Waals surface area contributed by atoms with Crippen molar-refractivity contribution in [1.82, 2.24) is 20.0 Å². The smallest absolute Gasteiger partial charge is 0.257 e. The SMILES string of the molecule is CN(C(=O)c1cnn(Cc2ccccc2)c1)C1CCC(=O)NC1=O. The molecule has 2 heterocycles. The highest BCUT2D eigenvalue weighted by Gasteiger charge is 2.32. The van der Waals surface area contributed by atoms with Gasteiger partial charge in [0.25, 0.3) is 5.91 Å². The van der Waals surface area contributed by atoms with Crippen LogP contribution in [0.3, 0.4) is 0 Å². The lowest BCUT2D eigenvalue weighted by molar-refractivity contribution is -0.136. The molecule has 1 aliphatic rings. The number of hydrogen-bond donors (Lipinski definition) is 1. The maximum Gasteiger partial charge on any atom is 0.257 e. The Morgan fingerprint density at radius 3 is 2.79 bits per heavy atom. The Kier molecular flexibility index (Phi) is 4.41. The van der Waals surface area contributed by atoms with E-state index in [0.717, 1.165) is 5.56 Å². The fourth-order valence-electron chi connectivity index (χ4n) is 2.73. The van der Waals surface area contributed by atoms with Gasteiger partial charge in [0.2, 0.25) is 11.8 Å². The maximum atomic E-state index is 12.5. The molecular formula is C17H18N4O3. The first kappa shape index (κ1) is 15.9. The molecule has 1 aromatic carbocycles. The predicted molar refractivity (Wildman–Crippen MR) is 86.0 cm³/mol. The van der Waals surface area contributed by atoms with Crippen LogP contribution >= 0.6 is 0 Å². The second-order valence-corrected chi connectivity index (χ2v) is 5.80. The molecule has 0 aliphatic carbocycles. The van der Waals surface area contributed by atoms with E-state index < -0.39 is 11.9 Å². The van der Waals surface area contributed by atoms with Gasteiger partial charge in [-0.1, -0.05) is 30.3 Å². The number of imide groups is 1. The van der Waals surface area contributed by atoms with Crippen molar-refractivity contribution in [2.24, 2.45) is 0 Å². The zero-order valence-corrected chi connectivity index (χ0v) is 13.3. The first-order valence-corrected chi connectivity index (χ1v) is 7.72. The third-order valence-corrected chi connectivity index (χ3v) is 4.07. The summed E-state index contributed by atoms with van der Waals surface area (Å²) in [6.07, 6.45) is 3.73. The Morgan fingerprint density at radius 1 is 1.33 bits per heavy atom. The van der Waals surface area contributed by atoms with Crippen molar-refractivity contribution in [1.29, 1.82) is 0 Å². The normalized spacial score (nSPS) is 17.5. The summed E-state index contributed by atoms with van der Waals surface area (Å²) in [5.41, 5.74) is 1.50. The van der Waals surface area contributed by atoms with E-state index >= 15 is 0 Å². The fraction of sp³-hybridized carbons (Fsp3) is 0.294. The molecule has 0 bridgehead atoms. The van der Waals surface area contributed by atoms with Gasteiger partial charge in [-0.05, 0) is 12.0 Å². The molecule has 124 valence electrons. The molecule has 3 rings (SSSR count). The standard InChI is InChI=1S/C17H18N4O3/c1-20(14-7-8-15(22)19-16(14)23)17(24)13-9-18-21(11-13)10-12-5-3-2-4-6-12/h2-6,9,11,14H,7-8,10H2,1H3,(H,19,22,23). The number of likely N-dealkylation sites (N-methyl/N-ethyl adjacent to an activating group) is 1. The summed E-state index contributed by atoms with van der Waals surface area (Å²) in [5, 5.41) is 6.47. The number of aromatic nitrogens is 2. The van der Waals surface area contributed by atoms with E-state index in [1.807, 2.05) is 30.3 Å². The Hall–Kier alpha value is -2.96. The molecule has 0 spiro atoms. The van der Waals surface area contributed by atoms with Crippen molar-refractivity contribution in [3.05, 3.63) is 53.9 Å². The molecule has 0 radical (unpaired) electrons. The average Bonchev–Trinajstić information content (AvgIpc) is 3.03. The molecule has 24 heavy (non-hydrogen) atoms. The van der Waals surface area contributed by atoms with E-state index in [4.69, 9.17) is 0 Å². The molecule has 1 aromatic heterocycles. The summed E-state index contributed by atoms with van der Waals surface area (Å²) in [4.78, 5) is 37.0. The highest BCUT2D eigenvalue weighted by atomic mass is 16.2. The molecule has 7 nitrogen and oxygen atoms in total. The van der Waals surface area contributed by atoms with Gasteiger partial charge in [-0.2, -0.15) is 5.10 Å². The first-order valence-electron chi connectivity index (χ1n) is 7.72.